The van der Waals surface area contributed by atoms with E-state index in [1.54, 1.807) is 22.0 Å². The lowest BCUT2D eigenvalue weighted by molar-refractivity contribution is -0.131. The van der Waals surface area contributed by atoms with Crippen molar-refractivity contribution in [1.82, 2.24) is 14.5 Å². The number of aryl methyl sites for hydroxylation is 2. The van der Waals surface area contributed by atoms with Crippen LogP contribution in [0.3, 0.4) is 0 Å². The van der Waals surface area contributed by atoms with Crippen molar-refractivity contribution >= 4 is 39.2 Å². The summed E-state index contributed by atoms with van der Waals surface area (Å²) >= 11 is 2.94. The molecule has 2 aromatic heterocycles. The van der Waals surface area contributed by atoms with Crippen molar-refractivity contribution < 1.29 is 9.90 Å². The monoisotopic (exact) mass is 447 g/mol. The highest BCUT2D eigenvalue weighted by atomic mass is 32.2. The summed E-state index contributed by atoms with van der Waals surface area (Å²) < 4.78 is 1.65. The first kappa shape index (κ1) is 21.6. The van der Waals surface area contributed by atoms with Crippen LogP contribution in [-0.4, -0.2) is 50.4 Å². The highest BCUT2D eigenvalue weighted by molar-refractivity contribution is 8.00. The summed E-state index contributed by atoms with van der Waals surface area (Å²) in [6.45, 7) is 5.63. The minimum Gasteiger partial charge on any atom is -0.396 e. The van der Waals surface area contributed by atoms with Crippen LogP contribution in [0.15, 0.2) is 22.6 Å². The summed E-state index contributed by atoms with van der Waals surface area (Å²) in [4.78, 5) is 35.4. The second-order valence-electron chi connectivity index (χ2n) is 7.99. The number of hydrogen-bond donors (Lipinski definition) is 1. The van der Waals surface area contributed by atoms with Gasteiger partial charge >= 0.3 is 0 Å². The summed E-state index contributed by atoms with van der Waals surface area (Å²) in [5, 5.41) is 10.4. The second-order valence-corrected chi connectivity index (χ2v) is 10.2. The summed E-state index contributed by atoms with van der Waals surface area (Å²) in [5.74, 6) is 0.0405. The molecule has 2 aromatic rings. The summed E-state index contributed by atoms with van der Waals surface area (Å²) in [6, 6.07) is 0. The lowest BCUT2D eigenvalue weighted by Gasteiger charge is -2.30. The number of aliphatic hydroxyl groups is 1. The molecule has 2 aliphatic rings. The van der Waals surface area contributed by atoms with Gasteiger partial charge in [0.05, 0.1) is 10.6 Å². The Kier molecular flexibility index (Phi) is 6.95. The number of aromatic nitrogens is 2. The van der Waals surface area contributed by atoms with E-state index in [0.717, 1.165) is 68.3 Å². The highest BCUT2D eigenvalue weighted by Gasteiger charge is 2.29. The van der Waals surface area contributed by atoms with Crippen LogP contribution in [0.1, 0.15) is 49.0 Å². The standard InChI is InChI=1S/C22H29N3O3S2/c1-2-11-25-21(28)18-15-8-4-5-9-16(15)29-19(18)23-22(25)30-17(10-14-26)20(27)24-12-6-3-7-13-24/h2,17,26H,1,3-14H2. The third kappa shape index (κ3) is 4.22. The highest BCUT2D eigenvalue weighted by Crippen LogP contribution is 2.35. The molecular weight excluding hydrogens is 418 g/mol. The predicted molar refractivity (Wildman–Crippen MR) is 122 cm³/mol. The maximum Gasteiger partial charge on any atom is 0.263 e. The number of nitrogens with zero attached hydrogens (tertiary/aromatic N) is 3. The third-order valence-corrected chi connectivity index (χ3v) is 8.36. The van der Waals surface area contributed by atoms with Gasteiger partial charge in [0.2, 0.25) is 5.91 Å². The Balaban J connectivity index is 1.72. The van der Waals surface area contributed by atoms with Gasteiger partial charge in [-0.3, -0.25) is 14.2 Å². The van der Waals surface area contributed by atoms with Gasteiger partial charge in [-0.15, -0.1) is 17.9 Å². The van der Waals surface area contributed by atoms with Crippen LogP contribution in [0.2, 0.25) is 0 Å². The molecule has 3 heterocycles. The van der Waals surface area contributed by atoms with Crippen LogP contribution in [0, 0.1) is 0 Å². The molecule has 0 radical (unpaired) electrons. The Labute approximate surface area is 185 Å². The quantitative estimate of drug-likeness (QED) is 0.400. The molecular formula is C22H29N3O3S2. The molecule has 1 atom stereocenters. The van der Waals surface area contributed by atoms with E-state index in [1.165, 1.54) is 22.2 Å². The molecule has 1 fully saturated rings. The van der Waals surface area contributed by atoms with Gasteiger partial charge in [0.1, 0.15) is 4.83 Å². The Morgan fingerprint density at radius 1 is 1.23 bits per heavy atom. The van der Waals surface area contributed by atoms with Gasteiger partial charge in [-0.2, -0.15) is 0 Å². The normalized spacial score (nSPS) is 17.7. The van der Waals surface area contributed by atoms with Gasteiger partial charge in [0.25, 0.3) is 5.56 Å². The largest absolute Gasteiger partial charge is 0.396 e. The molecule has 30 heavy (non-hydrogen) atoms. The maximum absolute atomic E-state index is 13.4. The number of piperidine rings is 1. The average Bonchev–Trinajstić information content (AvgIpc) is 3.14. The van der Waals surface area contributed by atoms with Gasteiger partial charge in [-0.25, -0.2) is 4.98 Å². The number of amides is 1. The van der Waals surface area contributed by atoms with Crippen LogP contribution in [0.25, 0.3) is 10.2 Å². The molecule has 1 saturated heterocycles. The molecule has 0 spiro atoms. The lowest BCUT2D eigenvalue weighted by atomic mass is 9.97. The van der Waals surface area contributed by atoms with Gasteiger partial charge in [0, 0.05) is 31.1 Å². The van der Waals surface area contributed by atoms with E-state index >= 15 is 0 Å². The average molecular weight is 448 g/mol. The van der Waals surface area contributed by atoms with Crippen molar-refractivity contribution in [2.75, 3.05) is 19.7 Å². The van der Waals surface area contributed by atoms with E-state index in [2.05, 4.69) is 6.58 Å². The van der Waals surface area contributed by atoms with Gasteiger partial charge in [-0.1, -0.05) is 17.8 Å². The molecule has 6 nitrogen and oxygen atoms in total. The number of likely N-dealkylation sites (tertiary alicyclic amines) is 1. The fourth-order valence-electron chi connectivity index (χ4n) is 4.40. The van der Waals surface area contributed by atoms with Crippen molar-refractivity contribution in [1.29, 1.82) is 0 Å². The van der Waals surface area contributed by atoms with E-state index in [0.29, 0.717) is 18.1 Å². The Hall–Kier alpha value is -1.64. The first-order valence-electron chi connectivity index (χ1n) is 10.9. The minimum absolute atomic E-state index is 0.0324. The molecule has 1 unspecified atom stereocenters. The SMILES string of the molecule is C=CCn1c(SC(CCO)C(=O)N2CCCCC2)nc2sc3c(c2c1=O)CCCC3. The zero-order chi connectivity index (χ0) is 21.1. The molecule has 0 saturated carbocycles. The second kappa shape index (κ2) is 9.66. The van der Waals surface area contributed by atoms with E-state index in [9.17, 15) is 14.7 Å². The molecule has 4 rings (SSSR count). The van der Waals surface area contributed by atoms with Crippen molar-refractivity contribution in [3.05, 3.63) is 33.4 Å². The van der Waals surface area contributed by atoms with Crippen LogP contribution < -0.4 is 5.56 Å². The van der Waals surface area contributed by atoms with Crippen molar-refractivity contribution in [2.24, 2.45) is 0 Å². The van der Waals surface area contributed by atoms with E-state index < -0.39 is 5.25 Å². The van der Waals surface area contributed by atoms with E-state index in [-0.39, 0.29) is 18.1 Å². The Morgan fingerprint density at radius 2 is 2.00 bits per heavy atom. The van der Waals surface area contributed by atoms with Gasteiger partial charge in [-0.05, 0) is 56.9 Å². The fraction of sp³-hybridized carbons (Fsp3) is 0.591. The number of allylic oxidation sites excluding steroid dienone is 1. The molecule has 8 heteroatoms. The molecule has 1 amide bonds. The number of fused-ring (bicyclic) bond motifs is 3. The third-order valence-electron chi connectivity index (χ3n) is 5.93. The first-order chi connectivity index (χ1) is 14.6. The fourth-order valence-corrected chi connectivity index (χ4v) is 6.86. The summed E-state index contributed by atoms with van der Waals surface area (Å²) in [6.07, 6.45) is 9.47. The lowest BCUT2D eigenvalue weighted by Crippen LogP contribution is -2.41. The van der Waals surface area contributed by atoms with Crippen LogP contribution in [0.5, 0.6) is 0 Å². The summed E-state index contributed by atoms with van der Waals surface area (Å²) in [5.41, 5.74) is 1.14. The number of thioether (sulfide) groups is 1. The van der Waals surface area contributed by atoms with Crippen molar-refractivity contribution in [3.8, 4) is 0 Å². The number of carbonyl (C=O) groups excluding carboxylic acids is 1. The molecule has 1 aliphatic heterocycles. The van der Waals surface area contributed by atoms with Crippen molar-refractivity contribution in [2.45, 2.75) is 68.3 Å². The number of rotatable bonds is 7. The smallest absolute Gasteiger partial charge is 0.263 e. The molecule has 162 valence electrons. The van der Waals surface area contributed by atoms with E-state index in [1.807, 2.05) is 4.90 Å². The Bertz CT molecular complexity index is 992. The summed E-state index contributed by atoms with van der Waals surface area (Å²) in [7, 11) is 0. The minimum atomic E-state index is -0.442. The molecule has 0 aromatic carbocycles. The van der Waals surface area contributed by atoms with Gasteiger partial charge in [0.15, 0.2) is 5.16 Å². The zero-order valence-electron chi connectivity index (χ0n) is 17.3. The number of aliphatic hydroxyl groups excluding tert-OH is 1. The number of carbonyl (C=O) groups is 1. The Morgan fingerprint density at radius 3 is 2.73 bits per heavy atom. The first-order valence-corrected chi connectivity index (χ1v) is 12.6. The number of hydrogen-bond acceptors (Lipinski definition) is 6. The van der Waals surface area contributed by atoms with E-state index in [4.69, 9.17) is 4.98 Å². The van der Waals surface area contributed by atoms with Gasteiger partial charge < -0.3 is 10.0 Å². The maximum atomic E-state index is 13.4. The molecule has 1 N–H and O–H groups in total. The topological polar surface area (TPSA) is 75.4 Å². The molecule has 0 bridgehead atoms. The number of thiophene rings is 1. The van der Waals surface area contributed by atoms with Crippen molar-refractivity contribution in [3.63, 3.8) is 0 Å². The van der Waals surface area contributed by atoms with Crippen LogP contribution in [0.4, 0.5) is 0 Å². The molecule has 1 aliphatic carbocycles. The van der Waals surface area contributed by atoms with Crippen LogP contribution in [-0.2, 0) is 24.2 Å². The zero-order valence-corrected chi connectivity index (χ0v) is 18.9. The van der Waals surface area contributed by atoms with Crippen LogP contribution >= 0.6 is 23.1 Å². The predicted octanol–water partition coefficient (Wildman–Crippen LogP) is 3.38.